The third-order valence-electron chi connectivity index (χ3n) is 4.46. The van der Waals surface area contributed by atoms with Gasteiger partial charge in [-0.25, -0.2) is 0 Å². The van der Waals surface area contributed by atoms with Gasteiger partial charge >= 0.3 is 0 Å². The molecular formula is C21H22BrNO3S2. The van der Waals surface area contributed by atoms with E-state index in [2.05, 4.69) is 47.1 Å². The van der Waals surface area contributed by atoms with Crippen LogP contribution in [0, 0.1) is 6.92 Å². The highest BCUT2D eigenvalue weighted by Crippen LogP contribution is 2.32. The van der Waals surface area contributed by atoms with Gasteiger partial charge in [-0.15, -0.1) is 0 Å². The number of halogens is 1. The SMILES string of the molecule is COCCN1C(=O)[C@H](Cc2ccc(OCc3ccc(C)cc3)c(Br)c2)SC1=S. The van der Waals surface area contributed by atoms with Gasteiger partial charge in [0.15, 0.2) is 0 Å². The van der Waals surface area contributed by atoms with Crippen molar-refractivity contribution >= 4 is 50.1 Å². The lowest BCUT2D eigenvalue weighted by Crippen LogP contribution is -2.34. The molecule has 0 N–H and O–H groups in total. The molecule has 1 amide bonds. The minimum atomic E-state index is -0.185. The second-order valence-electron chi connectivity index (χ2n) is 6.60. The van der Waals surface area contributed by atoms with E-state index in [1.165, 1.54) is 17.3 Å². The molecule has 0 aliphatic carbocycles. The Morgan fingerprint density at radius 3 is 2.57 bits per heavy atom. The van der Waals surface area contributed by atoms with E-state index in [9.17, 15) is 4.79 Å². The number of benzene rings is 2. The van der Waals surface area contributed by atoms with E-state index >= 15 is 0 Å². The van der Waals surface area contributed by atoms with Gasteiger partial charge in [-0.1, -0.05) is 59.9 Å². The van der Waals surface area contributed by atoms with Crippen molar-refractivity contribution in [3.63, 3.8) is 0 Å². The normalized spacial score (nSPS) is 16.7. The predicted octanol–water partition coefficient (Wildman–Crippen LogP) is 4.75. The summed E-state index contributed by atoms with van der Waals surface area (Å²) in [5.41, 5.74) is 3.42. The number of aryl methyl sites for hydroxylation is 1. The molecular weight excluding hydrogens is 458 g/mol. The Kier molecular flexibility index (Phi) is 7.51. The molecule has 7 heteroatoms. The number of thiocarbonyl (C=S) groups is 1. The van der Waals surface area contributed by atoms with Gasteiger partial charge in [-0.05, 0) is 52.5 Å². The second kappa shape index (κ2) is 9.87. The number of ether oxygens (including phenoxy) is 2. The van der Waals surface area contributed by atoms with Gasteiger partial charge in [0, 0.05) is 7.11 Å². The summed E-state index contributed by atoms with van der Waals surface area (Å²) in [4.78, 5) is 14.2. The van der Waals surface area contributed by atoms with Crippen molar-refractivity contribution in [1.82, 2.24) is 4.90 Å². The van der Waals surface area contributed by atoms with Gasteiger partial charge in [0.2, 0.25) is 5.91 Å². The van der Waals surface area contributed by atoms with Crippen molar-refractivity contribution in [1.29, 1.82) is 0 Å². The van der Waals surface area contributed by atoms with E-state index in [0.717, 1.165) is 21.3 Å². The average molecular weight is 480 g/mol. The standard InChI is InChI=1S/C21H22BrNO3S2/c1-14-3-5-15(6-4-14)13-26-18-8-7-16(11-17(18)22)12-19-20(24)23(9-10-25-2)21(27)28-19/h3-8,11,19H,9-10,12-13H2,1-2H3/t19-/m0/s1. The first-order valence-corrected chi connectivity index (χ1v) is 11.0. The quantitative estimate of drug-likeness (QED) is 0.510. The van der Waals surface area contributed by atoms with Crippen LogP contribution < -0.4 is 4.74 Å². The molecule has 3 rings (SSSR count). The fraction of sp³-hybridized carbons (Fsp3) is 0.333. The molecule has 148 valence electrons. The zero-order chi connectivity index (χ0) is 20.1. The van der Waals surface area contributed by atoms with Crippen molar-refractivity contribution in [3.05, 3.63) is 63.6 Å². The number of carbonyl (C=O) groups excluding carboxylic acids is 1. The van der Waals surface area contributed by atoms with Crippen molar-refractivity contribution in [2.75, 3.05) is 20.3 Å². The topological polar surface area (TPSA) is 38.8 Å². The monoisotopic (exact) mass is 479 g/mol. The third-order valence-corrected chi connectivity index (χ3v) is 6.66. The first-order valence-electron chi connectivity index (χ1n) is 8.95. The molecule has 1 aliphatic rings. The van der Waals surface area contributed by atoms with E-state index in [0.29, 0.717) is 30.5 Å². The Hall–Kier alpha value is -1.41. The number of hydrogen-bond donors (Lipinski definition) is 0. The van der Waals surface area contributed by atoms with Crippen molar-refractivity contribution in [2.24, 2.45) is 0 Å². The highest BCUT2D eigenvalue weighted by molar-refractivity contribution is 9.10. The zero-order valence-electron chi connectivity index (χ0n) is 15.8. The lowest BCUT2D eigenvalue weighted by molar-refractivity contribution is -0.126. The number of nitrogens with zero attached hydrogens (tertiary/aromatic N) is 1. The summed E-state index contributed by atoms with van der Waals surface area (Å²) >= 11 is 10.4. The molecule has 0 aromatic heterocycles. The van der Waals surface area contributed by atoms with Crippen LogP contribution in [-0.2, 0) is 22.6 Å². The highest BCUT2D eigenvalue weighted by Gasteiger charge is 2.36. The second-order valence-corrected chi connectivity index (χ2v) is 9.29. The van der Waals surface area contributed by atoms with E-state index in [1.54, 1.807) is 12.0 Å². The highest BCUT2D eigenvalue weighted by atomic mass is 79.9. The maximum absolute atomic E-state index is 12.6. The summed E-state index contributed by atoms with van der Waals surface area (Å²) in [6, 6.07) is 14.3. The van der Waals surface area contributed by atoms with Crippen LogP contribution in [0.5, 0.6) is 5.75 Å². The van der Waals surface area contributed by atoms with Gasteiger partial charge in [-0.3, -0.25) is 9.69 Å². The van der Waals surface area contributed by atoms with E-state index in [1.807, 2.05) is 18.2 Å². The molecule has 0 bridgehead atoms. The largest absolute Gasteiger partial charge is 0.488 e. The lowest BCUT2D eigenvalue weighted by atomic mass is 10.1. The van der Waals surface area contributed by atoms with Crippen LogP contribution in [0.2, 0.25) is 0 Å². The van der Waals surface area contributed by atoms with Crippen molar-refractivity contribution in [2.45, 2.75) is 25.2 Å². The molecule has 0 spiro atoms. The van der Waals surface area contributed by atoms with E-state index in [-0.39, 0.29) is 11.2 Å². The Morgan fingerprint density at radius 2 is 1.89 bits per heavy atom. The summed E-state index contributed by atoms with van der Waals surface area (Å²) in [5.74, 6) is 0.842. The number of amides is 1. The van der Waals surface area contributed by atoms with E-state index < -0.39 is 0 Å². The molecule has 0 unspecified atom stereocenters. The Labute approximate surface area is 183 Å². The summed E-state index contributed by atoms with van der Waals surface area (Å²) in [5, 5.41) is -0.185. The van der Waals surface area contributed by atoms with Gasteiger partial charge in [0.1, 0.15) is 16.7 Å². The van der Waals surface area contributed by atoms with Crippen molar-refractivity contribution < 1.29 is 14.3 Å². The van der Waals surface area contributed by atoms with E-state index in [4.69, 9.17) is 21.7 Å². The number of methoxy groups -OCH3 is 1. The van der Waals surface area contributed by atoms with Crippen molar-refractivity contribution in [3.8, 4) is 5.75 Å². The Balaban J connectivity index is 1.60. The summed E-state index contributed by atoms with van der Waals surface area (Å²) < 4.78 is 12.5. The van der Waals surface area contributed by atoms with Gasteiger partial charge < -0.3 is 9.47 Å². The summed E-state index contributed by atoms with van der Waals surface area (Å²) in [6.45, 7) is 3.57. The average Bonchev–Trinajstić information content (AvgIpc) is 2.94. The fourth-order valence-electron chi connectivity index (χ4n) is 2.86. The van der Waals surface area contributed by atoms with Gasteiger partial charge in [0.25, 0.3) is 0 Å². The van der Waals surface area contributed by atoms with Gasteiger partial charge in [0.05, 0.1) is 22.9 Å². The third kappa shape index (κ3) is 5.35. The summed E-state index contributed by atoms with van der Waals surface area (Å²) in [6.07, 6.45) is 0.629. The first kappa shape index (κ1) is 21.3. The van der Waals surface area contributed by atoms with Gasteiger partial charge in [-0.2, -0.15) is 0 Å². The van der Waals surface area contributed by atoms with Crippen LogP contribution in [0.3, 0.4) is 0 Å². The fourth-order valence-corrected chi connectivity index (χ4v) is 4.99. The van der Waals surface area contributed by atoms with Crippen LogP contribution >= 0.6 is 39.9 Å². The maximum atomic E-state index is 12.6. The van der Waals surface area contributed by atoms with Crippen LogP contribution in [0.25, 0.3) is 0 Å². The molecule has 0 radical (unpaired) electrons. The first-order chi connectivity index (χ1) is 13.5. The molecule has 1 saturated heterocycles. The molecule has 1 atom stereocenters. The molecule has 1 heterocycles. The van der Waals surface area contributed by atoms with Crippen LogP contribution in [0.15, 0.2) is 46.9 Å². The van der Waals surface area contributed by atoms with Crippen LogP contribution in [0.4, 0.5) is 0 Å². The predicted molar refractivity (Wildman–Crippen MR) is 121 cm³/mol. The molecule has 1 fully saturated rings. The molecule has 1 aliphatic heterocycles. The number of hydrogen-bond acceptors (Lipinski definition) is 5. The van der Waals surface area contributed by atoms with Crippen LogP contribution in [-0.4, -0.2) is 40.6 Å². The molecule has 28 heavy (non-hydrogen) atoms. The minimum absolute atomic E-state index is 0.0582. The Morgan fingerprint density at radius 1 is 1.18 bits per heavy atom. The number of rotatable bonds is 8. The number of thioether (sulfide) groups is 1. The Bertz CT molecular complexity index is 857. The maximum Gasteiger partial charge on any atom is 0.242 e. The molecule has 0 saturated carbocycles. The number of carbonyl (C=O) groups is 1. The molecule has 4 nitrogen and oxygen atoms in total. The van der Waals surface area contributed by atoms with Crippen LogP contribution in [0.1, 0.15) is 16.7 Å². The molecule has 2 aromatic rings. The lowest BCUT2D eigenvalue weighted by Gasteiger charge is -2.15. The summed E-state index contributed by atoms with van der Waals surface area (Å²) in [7, 11) is 1.62. The zero-order valence-corrected chi connectivity index (χ0v) is 19.0. The molecule has 2 aromatic carbocycles. The minimum Gasteiger partial charge on any atom is -0.488 e. The smallest absolute Gasteiger partial charge is 0.242 e.